The number of aromatic nitrogens is 1. The first kappa shape index (κ1) is 21.4. The highest BCUT2D eigenvalue weighted by molar-refractivity contribution is 7.14. The predicted molar refractivity (Wildman–Crippen MR) is 120 cm³/mol. The highest BCUT2D eigenvalue weighted by atomic mass is 32.1. The lowest BCUT2D eigenvalue weighted by molar-refractivity contribution is -0.116. The van der Waals surface area contributed by atoms with E-state index in [1.54, 1.807) is 23.6 Å². The van der Waals surface area contributed by atoms with Gasteiger partial charge < -0.3 is 5.32 Å². The number of hydrogen-bond acceptors (Lipinski definition) is 4. The minimum Gasteiger partial charge on any atom is -0.322 e. The molecule has 7 heteroatoms. The van der Waals surface area contributed by atoms with Crippen molar-refractivity contribution in [2.24, 2.45) is 0 Å². The number of nitrogens with zero attached hydrogens (tertiary/aromatic N) is 2. The monoisotopic (exact) mass is 423 g/mol. The maximum Gasteiger partial charge on any atom is 0.248 e. The van der Waals surface area contributed by atoms with Crippen LogP contribution in [0.15, 0.2) is 53.9 Å². The van der Waals surface area contributed by atoms with Gasteiger partial charge in [-0.15, -0.1) is 11.3 Å². The average molecular weight is 424 g/mol. The summed E-state index contributed by atoms with van der Waals surface area (Å²) in [6.07, 6.45) is 3.78. The molecule has 0 unspecified atom stereocenters. The van der Waals surface area contributed by atoms with Crippen molar-refractivity contribution in [2.75, 3.05) is 10.2 Å². The Morgan fingerprint density at radius 2 is 1.97 bits per heavy atom. The van der Waals surface area contributed by atoms with E-state index in [0.29, 0.717) is 10.8 Å². The average Bonchev–Trinajstić information content (AvgIpc) is 3.18. The number of thiazole rings is 1. The molecule has 5 nitrogen and oxygen atoms in total. The smallest absolute Gasteiger partial charge is 0.248 e. The van der Waals surface area contributed by atoms with Gasteiger partial charge in [-0.05, 0) is 42.7 Å². The van der Waals surface area contributed by atoms with Crippen LogP contribution in [0.1, 0.15) is 30.7 Å². The third-order valence-corrected chi connectivity index (χ3v) is 5.35. The van der Waals surface area contributed by atoms with Crippen molar-refractivity contribution >= 4 is 45.7 Å². The number of hydrogen-bond donors (Lipinski definition) is 1. The molecule has 0 spiro atoms. The summed E-state index contributed by atoms with van der Waals surface area (Å²) in [7, 11) is 0. The maximum absolute atomic E-state index is 14.2. The van der Waals surface area contributed by atoms with Crippen LogP contribution >= 0.6 is 11.3 Å². The molecule has 2 amide bonds. The summed E-state index contributed by atoms with van der Waals surface area (Å²) < 4.78 is 14.2. The van der Waals surface area contributed by atoms with Gasteiger partial charge >= 0.3 is 0 Å². The Hall–Kier alpha value is -3.32. The molecule has 1 N–H and O–H groups in total. The molecule has 1 heterocycles. The largest absolute Gasteiger partial charge is 0.322 e. The van der Waals surface area contributed by atoms with E-state index < -0.39 is 5.82 Å². The molecular formula is C23H22FN3O2S. The first-order valence-corrected chi connectivity index (χ1v) is 10.4. The van der Waals surface area contributed by atoms with Gasteiger partial charge in [0.05, 0.1) is 11.4 Å². The third kappa shape index (κ3) is 4.80. The predicted octanol–water partition coefficient (Wildman–Crippen LogP) is 5.49. The molecule has 1 aromatic heterocycles. The van der Waals surface area contributed by atoms with Crippen LogP contribution in [-0.2, 0) is 16.0 Å². The Bertz CT molecular complexity index is 1110. The number of carbonyl (C=O) groups excluding carboxylic acids is 2. The first-order chi connectivity index (χ1) is 14.4. The Labute approximate surface area is 178 Å². The van der Waals surface area contributed by atoms with Gasteiger partial charge in [-0.2, -0.15) is 0 Å². The molecular weight excluding hydrogens is 401 g/mol. The van der Waals surface area contributed by atoms with E-state index in [4.69, 9.17) is 0 Å². The number of amides is 2. The number of carbonyl (C=O) groups is 2. The summed E-state index contributed by atoms with van der Waals surface area (Å²) in [5.74, 6) is -1.13. The van der Waals surface area contributed by atoms with Crippen molar-refractivity contribution in [3.05, 3.63) is 76.6 Å². The van der Waals surface area contributed by atoms with Crippen LogP contribution in [0, 0.1) is 12.7 Å². The molecule has 0 aliphatic carbocycles. The number of benzene rings is 2. The molecule has 154 valence electrons. The lowest BCUT2D eigenvalue weighted by atomic mass is 10.1. The van der Waals surface area contributed by atoms with E-state index in [1.807, 2.05) is 32.0 Å². The van der Waals surface area contributed by atoms with E-state index in [9.17, 15) is 14.0 Å². The standard InChI is InChI=1S/C23H22FN3O2S/c1-4-17-9-7-8-15(2)22(17)26-21(29)13-12-18-14-30-23(25-18)27(16(3)28)20-11-6-5-10-19(20)24/h5-14H,4H2,1-3H3,(H,26,29)/b13-12+. The maximum atomic E-state index is 14.2. The normalized spacial score (nSPS) is 10.9. The summed E-state index contributed by atoms with van der Waals surface area (Å²) in [6, 6.07) is 11.9. The lowest BCUT2D eigenvalue weighted by Gasteiger charge is -2.18. The van der Waals surface area contributed by atoms with Crippen LogP contribution in [0.25, 0.3) is 6.08 Å². The summed E-state index contributed by atoms with van der Waals surface area (Å²) in [5, 5.41) is 4.96. The third-order valence-electron chi connectivity index (χ3n) is 4.50. The second kappa shape index (κ2) is 9.45. The van der Waals surface area contributed by atoms with Gasteiger partial charge in [0.1, 0.15) is 5.82 Å². The van der Waals surface area contributed by atoms with Gasteiger partial charge in [0.15, 0.2) is 5.13 Å². The number of halogens is 1. The summed E-state index contributed by atoms with van der Waals surface area (Å²) in [4.78, 5) is 30.1. The Morgan fingerprint density at radius 3 is 2.67 bits per heavy atom. The molecule has 0 saturated carbocycles. The van der Waals surface area contributed by atoms with Crippen LogP contribution in [0.4, 0.5) is 20.9 Å². The summed E-state index contributed by atoms with van der Waals surface area (Å²) in [6.45, 7) is 5.34. The summed E-state index contributed by atoms with van der Waals surface area (Å²) in [5.41, 5.74) is 3.52. The fourth-order valence-corrected chi connectivity index (χ4v) is 3.87. The van der Waals surface area contributed by atoms with Crippen LogP contribution in [0.3, 0.4) is 0 Å². The van der Waals surface area contributed by atoms with Crippen molar-refractivity contribution in [2.45, 2.75) is 27.2 Å². The number of rotatable bonds is 6. The van der Waals surface area contributed by atoms with Gasteiger partial charge in [0.25, 0.3) is 0 Å². The Kier molecular flexibility index (Phi) is 6.74. The highest BCUT2D eigenvalue weighted by Crippen LogP contribution is 2.31. The molecule has 0 atom stereocenters. The van der Waals surface area contributed by atoms with Crippen molar-refractivity contribution in [1.29, 1.82) is 0 Å². The van der Waals surface area contributed by atoms with Gasteiger partial charge in [-0.25, -0.2) is 9.37 Å². The van der Waals surface area contributed by atoms with Crippen molar-refractivity contribution < 1.29 is 14.0 Å². The number of nitrogens with one attached hydrogen (secondary N) is 1. The van der Waals surface area contributed by atoms with E-state index >= 15 is 0 Å². The number of aryl methyl sites for hydroxylation is 2. The lowest BCUT2D eigenvalue weighted by Crippen LogP contribution is -2.23. The van der Waals surface area contributed by atoms with E-state index in [2.05, 4.69) is 10.3 Å². The zero-order valence-corrected chi connectivity index (χ0v) is 17.8. The van der Waals surface area contributed by atoms with Gasteiger partial charge in [-0.3, -0.25) is 14.5 Å². The quantitative estimate of drug-likeness (QED) is 0.533. The highest BCUT2D eigenvalue weighted by Gasteiger charge is 2.20. The second-order valence-electron chi connectivity index (χ2n) is 6.65. The fraction of sp³-hybridized carbons (Fsp3) is 0.174. The molecule has 0 saturated heterocycles. The molecule has 3 rings (SSSR count). The molecule has 0 aliphatic heterocycles. The molecule has 0 bridgehead atoms. The minimum atomic E-state index is -0.510. The molecule has 30 heavy (non-hydrogen) atoms. The fourth-order valence-electron chi connectivity index (χ4n) is 3.02. The number of anilines is 3. The number of para-hydroxylation sites is 2. The van der Waals surface area contributed by atoms with Gasteiger partial charge in [0.2, 0.25) is 11.8 Å². The van der Waals surface area contributed by atoms with E-state index in [1.165, 1.54) is 41.4 Å². The molecule has 3 aromatic rings. The SMILES string of the molecule is CCc1cccc(C)c1NC(=O)/C=C/c1csc(N(C(C)=O)c2ccccc2F)n1. The topological polar surface area (TPSA) is 62.3 Å². The van der Waals surface area contributed by atoms with Crippen LogP contribution in [0.5, 0.6) is 0 Å². The van der Waals surface area contributed by atoms with Crippen molar-refractivity contribution in [3.63, 3.8) is 0 Å². The summed E-state index contributed by atoms with van der Waals surface area (Å²) >= 11 is 1.20. The Balaban J connectivity index is 1.78. The Morgan fingerprint density at radius 1 is 1.20 bits per heavy atom. The molecule has 0 radical (unpaired) electrons. The minimum absolute atomic E-state index is 0.138. The molecule has 0 aliphatic rings. The second-order valence-corrected chi connectivity index (χ2v) is 7.48. The van der Waals surface area contributed by atoms with Gasteiger partial charge in [-0.1, -0.05) is 37.3 Å². The van der Waals surface area contributed by atoms with E-state index in [-0.39, 0.29) is 17.5 Å². The molecule has 0 fully saturated rings. The van der Waals surface area contributed by atoms with E-state index in [0.717, 1.165) is 23.2 Å². The van der Waals surface area contributed by atoms with Crippen molar-refractivity contribution in [3.8, 4) is 0 Å². The zero-order chi connectivity index (χ0) is 21.7. The van der Waals surface area contributed by atoms with Crippen LogP contribution in [0.2, 0.25) is 0 Å². The molecule has 2 aromatic carbocycles. The van der Waals surface area contributed by atoms with Crippen LogP contribution in [-0.4, -0.2) is 16.8 Å². The van der Waals surface area contributed by atoms with Crippen LogP contribution < -0.4 is 10.2 Å². The zero-order valence-electron chi connectivity index (χ0n) is 17.0. The van der Waals surface area contributed by atoms with Crippen molar-refractivity contribution in [1.82, 2.24) is 4.98 Å². The first-order valence-electron chi connectivity index (χ1n) is 9.49. The van der Waals surface area contributed by atoms with Gasteiger partial charge in [0, 0.05) is 24.1 Å².